The van der Waals surface area contributed by atoms with Gasteiger partial charge in [-0.15, -0.1) is 0 Å². The van der Waals surface area contributed by atoms with E-state index in [4.69, 9.17) is 23.7 Å². The van der Waals surface area contributed by atoms with Crippen molar-refractivity contribution in [3.63, 3.8) is 0 Å². The molecule has 4 rings (SSSR count). The predicted molar refractivity (Wildman–Crippen MR) is 150 cm³/mol. The number of aliphatic hydroxyl groups excluding tert-OH is 1. The third-order valence-electron chi connectivity index (χ3n) is 7.72. The van der Waals surface area contributed by atoms with Gasteiger partial charge in [0.25, 0.3) is 0 Å². The van der Waals surface area contributed by atoms with Crippen molar-refractivity contribution < 1.29 is 38.4 Å². The van der Waals surface area contributed by atoms with Crippen molar-refractivity contribution in [2.75, 3.05) is 6.61 Å². The van der Waals surface area contributed by atoms with E-state index in [2.05, 4.69) is 19.6 Å². The lowest BCUT2D eigenvalue weighted by Crippen LogP contribution is -2.35. The van der Waals surface area contributed by atoms with E-state index in [1.165, 1.54) is 18.6 Å². The molecule has 4 aliphatic rings. The van der Waals surface area contributed by atoms with Crippen molar-refractivity contribution in [3.05, 3.63) is 60.3 Å². The number of cyclic esters (lactones) is 1. The van der Waals surface area contributed by atoms with Crippen LogP contribution in [0, 0.1) is 5.92 Å². The van der Waals surface area contributed by atoms with Crippen molar-refractivity contribution >= 4 is 11.9 Å². The molecule has 9 atom stereocenters. The third-order valence-corrected chi connectivity index (χ3v) is 7.72. The topological polar surface area (TPSA) is 104 Å². The Kier molecular flexibility index (Phi) is 11.0. The van der Waals surface area contributed by atoms with Crippen LogP contribution in [-0.2, 0) is 33.3 Å². The summed E-state index contributed by atoms with van der Waals surface area (Å²) in [7, 11) is 0. The normalized spacial score (nSPS) is 37.4. The summed E-state index contributed by atoms with van der Waals surface area (Å²) in [6.07, 6.45) is 14.2. The molecule has 0 spiro atoms. The highest BCUT2D eigenvalue weighted by Gasteiger charge is 2.47. The number of hydrogen-bond acceptors (Lipinski definition) is 8. The Balaban J connectivity index is 1.52. The zero-order valence-corrected chi connectivity index (χ0v) is 23.9. The Morgan fingerprint density at radius 3 is 2.77 bits per heavy atom. The maximum Gasteiger partial charge on any atom is 0.330 e. The number of hydrogen-bond donors (Lipinski definition) is 1. The van der Waals surface area contributed by atoms with Crippen LogP contribution < -0.4 is 0 Å². The van der Waals surface area contributed by atoms with E-state index in [1.54, 1.807) is 12.2 Å². The summed E-state index contributed by atoms with van der Waals surface area (Å²) in [6.45, 7) is 10.3. The number of esters is 2. The van der Waals surface area contributed by atoms with Crippen LogP contribution in [0.3, 0.4) is 0 Å². The smallest absolute Gasteiger partial charge is 0.330 e. The number of rotatable bonds is 4. The minimum atomic E-state index is -0.835. The average molecular weight is 557 g/mol. The molecule has 0 aromatic heterocycles. The Morgan fingerprint density at radius 2 is 2.00 bits per heavy atom. The molecule has 40 heavy (non-hydrogen) atoms. The standard InChI is InChI=1S/C32H44O8/c1-20-13-14-36-25(16-20)11-12-28(37-23(4)33)29-19-30-32(40-30)27(34)18-22(3)15-21(2)17-26-9-5-7-24(38-26)8-6-10-31(35)39-29/h5-7,10-13,21,24-30,32,34H,3,8-9,14-19H2,1-2,4H3/b10-6-,12-11+/t21-,24-,25+,26-,27-,28?,29-,30+,32-/m0/s1. The molecule has 1 fully saturated rings. The van der Waals surface area contributed by atoms with Crippen LogP contribution in [0.2, 0.25) is 0 Å². The molecule has 0 aliphatic carbocycles. The van der Waals surface area contributed by atoms with Crippen LogP contribution in [0.5, 0.6) is 0 Å². The highest BCUT2D eigenvalue weighted by molar-refractivity contribution is 5.82. The van der Waals surface area contributed by atoms with Gasteiger partial charge in [-0.3, -0.25) is 4.79 Å². The molecule has 1 N–H and O–H groups in total. The van der Waals surface area contributed by atoms with Gasteiger partial charge >= 0.3 is 11.9 Å². The molecule has 0 aromatic carbocycles. The number of aliphatic hydroxyl groups is 1. The Hall–Kier alpha value is -2.52. The van der Waals surface area contributed by atoms with E-state index in [-0.39, 0.29) is 30.8 Å². The fourth-order valence-electron chi connectivity index (χ4n) is 5.75. The largest absolute Gasteiger partial charge is 0.455 e. The van der Waals surface area contributed by atoms with Crippen molar-refractivity contribution in [2.24, 2.45) is 5.92 Å². The second-order valence-corrected chi connectivity index (χ2v) is 11.6. The molecule has 0 amide bonds. The van der Waals surface area contributed by atoms with Gasteiger partial charge in [0.15, 0.2) is 6.10 Å². The first kappa shape index (κ1) is 30.4. The predicted octanol–water partition coefficient (Wildman–Crippen LogP) is 4.68. The monoisotopic (exact) mass is 556 g/mol. The van der Waals surface area contributed by atoms with Gasteiger partial charge in [-0.1, -0.05) is 55.0 Å². The van der Waals surface area contributed by atoms with Crippen LogP contribution in [0.1, 0.15) is 65.7 Å². The molecule has 2 bridgehead atoms. The van der Waals surface area contributed by atoms with Gasteiger partial charge in [-0.25, -0.2) is 4.79 Å². The summed E-state index contributed by atoms with van der Waals surface area (Å²) in [5.41, 5.74) is 2.20. The number of carbonyl (C=O) groups excluding carboxylic acids is 2. The maximum atomic E-state index is 12.9. The van der Waals surface area contributed by atoms with Gasteiger partial charge in [-0.2, -0.15) is 0 Å². The zero-order valence-electron chi connectivity index (χ0n) is 23.9. The zero-order chi connectivity index (χ0) is 28.6. The number of fused-ring (bicyclic) bond motifs is 3. The van der Waals surface area contributed by atoms with Crippen LogP contribution >= 0.6 is 0 Å². The molecule has 1 saturated heterocycles. The van der Waals surface area contributed by atoms with Crippen LogP contribution in [0.4, 0.5) is 0 Å². The van der Waals surface area contributed by atoms with Crippen LogP contribution in [-0.4, -0.2) is 72.5 Å². The second-order valence-electron chi connectivity index (χ2n) is 11.6. The summed E-state index contributed by atoms with van der Waals surface area (Å²) < 4.78 is 29.3. The molecule has 8 heteroatoms. The fourth-order valence-corrected chi connectivity index (χ4v) is 5.75. The first-order valence-electron chi connectivity index (χ1n) is 14.5. The molecule has 4 aliphatic heterocycles. The molecule has 220 valence electrons. The second kappa shape index (κ2) is 14.4. The summed E-state index contributed by atoms with van der Waals surface area (Å²) >= 11 is 0. The summed E-state index contributed by atoms with van der Waals surface area (Å²) in [4.78, 5) is 24.9. The third kappa shape index (κ3) is 9.54. The molecule has 1 unspecified atom stereocenters. The van der Waals surface area contributed by atoms with Crippen molar-refractivity contribution in [1.29, 1.82) is 0 Å². The van der Waals surface area contributed by atoms with E-state index in [0.717, 1.165) is 31.3 Å². The Labute approximate surface area is 237 Å². The van der Waals surface area contributed by atoms with Crippen molar-refractivity contribution in [3.8, 4) is 0 Å². The molecule has 4 heterocycles. The Morgan fingerprint density at radius 1 is 1.18 bits per heavy atom. The number of epoxide rings is 1. The number of carbonyl (C=O) groups is 2. The van der Waals surface area contributed by atoms with Crippen LogP contribution in [0.15, 0.2) is 60.3 Å². The van der Waals surface area contributed by atoms with Gasteiger partial charge in [0, 0.05) is 19.4 Å². The van der Waals surface area contributed by atoms with Gasteiger partial charge in [-0.05, 0) is 57.4 Å². The van der Waals surface area contributed by atoms with E-state index in [0.29, 0.717) is 25.4 Å². The Bertz CT molecular complexity index is 1030. The van der Waals surface area contributed by atoms with E-state index in [1.807, 2.05) is 25.2 Å². The lowest BCUT2D eigenvalue weighted by Gasteiger charge is -2.28. The van der Waals surface area contributed by atoms with Gasteiger partial charge in [0.05, 0.1) is 37.1 Å². The highest BCUT2D eigenvalue weighted by atomic mass is 16.6. The molecule has 8 nitrogen and oxygen atoms in total. The van der Waals surface area contributed by atoms with E-state index < -0.39 is 36.4 Å². The first-order chi connectivity index (χ1) is 19.2. The minimum absolute atomic E-state index is 0.103. The van der Waals surface area contributed by atoms with Crippen molar-refractivity contribution in [1.82, 2.24) is 0 Å². The van der Waals surface area contributed by atoms with Gasteiger partial charge in [0.2, 0.25) is 0 Å². The SMILES string of the molecule is C=C1C[C@H](C)C[C@@H]2CC=C[C@@H](C/C=C\C(=O)O[C@H](C(/C=C/[C@@H]3CC(C)=CCO3)OC(C)=O)C[C@H]3O[C@H]3[C@@H](O)C1)O2. The fraction of sp³-hybridized carbons (Fsp3) is 0.625. The molecule has 0 radical (unpaired) electrons. The summed E-state index contributed by atoms with van der Waals surface area (Å²) in [5, 5.41) is 10.9. The molecule has 0 aromatic rings. The van der Waals surface area contributed by atoms with E-state index in [9.17, 15) is 14.7 Å². The van der Waals surface area contributed by atoms with Crippen LogP contribution in [0.25, 0.3) is 0 Å². The van der Waals surface area contributed by atoms with Gasteiger partial charge < -0.3 is 28.8 Å². The molecular weight excluding hydrogens is 512 g/mol. The van der Waals surface area contributed by atoms with Crippen molar-refractivity contribution in [2.45, 2.75) is 115 Å². The number of ether oxygens (including phenoxy) is 5. The summed E-state index contributed by atoms with van der Waals surface area (Å²) in [6, 6.07) is 0. The minimum Gasteiger partial charge on any atom is -0.455 e. The molecule has 0 saturated carbocycles. The lowest BCUT2D eigenvalue weighted by molar-refractivity contribution is -0.160. The lowest BCUT2D eigenvalue weighted by atomic mass is 9.91. The summed E-state index contributed by atoms with van der Waals surface area (Å²) in [5.74, 6) is -0.665. The highest BCUT2D eigenvalue weighted by Crippen LogP contribution is 2.35. The molecular formula is C32H44O8. The quantitative estimate of drug-likeness (QED) is 0.303. The first-order valence-corrected chi connectivity index (χ1v) is 14.5. The van der Waals surface area contributed by atoms with Gasteiger partial charge in [0.1, 0.15) is 12.2 Å². The average Bonchev–Trinajstić information content (AvgIpc) is 3.65. The van der Waals surface area contributed by atoms with E-state index >= 15 is 0 Å². The maximum absolute atomic E-state index is 12.9.